The third-order valence-electron chi connectivity index (χ3n) is 3.72. The Kier molecular flexibility index (Phi) is 5.05. The average molecular weight is 398 g/mol. The molecule has 2 amide bonds. The second kappa shape index (κ2) is 7.12. The Hall–Kier alpha value is -2.33. The molecule has 1 aliphatic heterocycles. The van der Waals surface area contributed by atoms with Gasteiger partial charge in [-0.05, 0) is 48.5 Å². The molecular formula is C16H13ClFN3O4S. The molecule has 2 aromatic carbocycles. The molecule has 0 aromatic heterocycles. The summed E-state index contributed by atoms with van der Waals surface area (Å²) in [5, 5.41) is 0.378. The van der Waals surface area contributed by atoms with Gasteiger partial charge in [0.15, 0.2) is 0 Å². The van der Waals surface area contributed by atoms with Gasteiger partial charge in [0.05, 0.1) is 17.0 Å². The Morgan fingerprint density at radius 2 is 1.65 bits per heavy atom. The topological polar surface area (TPSA) is 95.6 Å². The van der Waals surface area contributed by atoms with Crippen molar-refractivity contribution in [2.24, 2.45) is 0 Å². The Morgan fingerprint density at radius 1 is 1.04 bits per heavy atom. The van der Waals surface area contributed by atoms with Gasteiger partial charge in [0.25, 0.3) is 15.9 Å². The summed E-state index contributed by atoms with van der Waals surface area (Å²) >= 11 is 5.72. The third-order valence-corrected chi connectivity index (χ3v) is 5.25. The first-order chi connectivity index (χ1) is 12.3. The van der Waals surface area contributed by atoms with Crippen molar-refractivity contribution >= 4 is 39.1 Å². The van der Waals surface area contributed by atoms with E-state index in [-0.39, 0.29) is 17.0 Å². The summed E-state index contributed by atoms with van der Waals surface area (Å²) in [6.07, 6.45) is -0.237. The first-order valence-electron chi connectivity index (χ1n) is 7.43. The number of benzene rings is 2. The molecule has 0 spiro atoms. The largest absolute Gasteiger partial charge is 0.274 e. The summed E-state index contributed by atoms with van der Waals surface area (Å²) < 4.78 is 37.4. The van der Waals surface area contributed by atoms with Crippen molar-refractivity contribution in [3.8, 4) is 0 Å². The molecular weight excluding hydrogens is 385 g/mol. The number of carbonyl (C=O) groups is 2. The van der Waals surface area contributed by atoms with Gasteiger partial charge in [-0.15, -0.1) is 4.83 Å². The zero-order valence-corrected chi connectivity index (χ0v) is 14.7. The minimum absolute atomic E-state index is 0.0541. The van der Waals surface area contributed by atoms with Gasteiger partial charge < -0.3 is 0 Å². The average Bonchev–Trinajstić information content (AvgIpc) is 2.88. The molecule has 0 bridgehead atoms. The van der Waals surface area contributed by atoms with Gasteiger partial charge in [-0.1, -0.05) is 11.6 Å². The number of sulfonamides is 1. The number of rotatable bonds is 5. The second-order valence-electron chi connectivity index (χ2n) is 5.50. The third kappa shape index (κ3) is 3.75. The number of anilines is 1. The molecule has 0 aliphatic carbocycles. The van der Waals surface area contributed by atoms with Gasteiger partial charge in [-0.25, -0.2) is 23.1 Å². The van der Waals surface area contributed by atoms with Gasteiger partial charge in [0.2, 0.25) is 5.91 Å². The fraction of sp³-hybridized carbons (Fsp3) is 0.125. The van der Waals surface area contributed by atoms with E-state index >= 15 is 0 Å². The van der Waals surface area contributed by atoms with Gasteiger partial charge in [-0.2, -0.15) is 0 Å². The van der Waals surface area contributed by atoms with E-state index < -0.39 is 33.7 Å². The molecule has 3 rings (SSSR count). The molecule has 0 saturated carbocycles. The van der Waals surface area contributed by atoms with Crippen LogP contribution >= 0.6 is 11.6 Å². The highest BCUT2D eigenvalue weighted by Crippen LogP contribution is 2.23. The normalized spacial score (nSPS) is 17.8. The molecule has 7 nitrogen and oxygen atoms in total. The predicted octanol–water partition coefficient (Wildman–Crippen LogP) is 1.59. The zero-order valence-electron chi connectivity index (χ0n) is 13.1. The lowest BCUT2D eigenvalue weighted by Gasteiger charge is -2.16. The number of hydrogen-bond acceptors (Lipinski definition) is 5. The molecule has 2 aromatic rings. The molecule has 1 heterocycles. The van der Waals surface area contributed by atoms with E-state index in [9.17, 15) is 22.4 Å². The fourth-order valence-corrected chi connectivity index (χ4v) is 3.46. The summed E-state index contributed by atoms with van der Waals surface area (Å²) in [5.74, 6) is -1.66. The van der Waals surface area contributed by atoms with E-state index in [4.69, 9.17) is 11.6 Å². The number of hydrogen-bond donors (Lipinski definition) is 2. The summed E-state index contributed by atoms with van der Waals surface area (Å²) in [6.45, 7) is 0. The van der Waals surface area contributed by atoms with Crippen LogP contribution in [0.2, 0.25) is 5.02 Å². The van der Waals surface area contributed by atoms with E-state index in [1.54, 1.807) is 0 Å². The second-order valence-corrected chi connectivity index (χ2v) is 7.62. The lowest BCUT2D eigenvalue weighted by Crippen LogP contribution is -2.48. The van der Waals surface area contributed by atoms with E-state index in [0.717, 1.165) is 17.0 Å². The highest BCUT2D eigenvalue weighted by molar-refractivity contribution is 7.89. The Morgan fingerprint density at radius 3 is 2.27 bits per heavy atom. The SMILES string of the molecule is O=C1C[C@@H](NNS(=O)(=O)c2ccc(Cl)cc2)C(=O)N1c1ccc(F)cc1. The molecule has 0 radical (unpaired) electrons. The number of amides is 2. The molecule has 1 saturated heterocycles. The van der Waals surface area contributed by atoms with Crippen LogP contribution in [0.5, 0.6) is 0 Å². The van der Waals surface area contributed by atoms with Crippen LogP contribution in [0.4, 0.5) is 10.1 Å². The highest BCUT2D eigenvalue weighted by Gasteiger charge is 2.40. The minimum Gasteiger partial charge on any atom is -0.274 e. The lowest BCUT2D eigenvalue weighted by molar-refractivity contribution is -0.121. The minimum atomic E-state index is -3.94. The number of nitrogens with zero attached hydrogens (tertiary/aromatic N) is 1. The van der Waals surface area contributed by atoms with Crippen LogP contribution in [0.25, 0.3) is 0 Å². The monoisotopic (exact) mass is 397 g/mol. The molecule has 0 unspecified atom stereocenters. The standard InChI is InChI=1S/C16H13ClFN3O4S/c17-10-1-7-13(8-2-10)26(24,25)20-19-14-9-15(22)21(16(14)23)12-5-3-11(18)4-6-12/h1-8,14,19-20H,9H2/t14-/m1/s1. The van der Waals surface area contributed by atoms with Crippen molar-refractivity contribution in [3.05, 3.63) is 59.4 Å². The number of imide groups is 1. The molecule has 26 heavy (non-hydrogen) atoms. The van der Waals surface area contributed by atoms with E-state index in [1.165, 1.54) is 36.4 Å². The molecule has 1 atom stereocenters. The van der Waals surface area contributed by atoms with E-state index in [0.29, 0.717) is 5.02 Å². The number of carbonyl (C=O) groups excluding carboxylic acids is 2. The smallest absolute Gasteiger partial charge is 0.253 e. The predicted molar refractivity (Wildman–Crippen MR) is 92.2 cm³/mol. The van der Waals surface area contributed by atoms with Gasteiger partial charge in [0, 0.05) is 5.02 Å². The van der Waals surface area contributed by atoms with E-state index in [2.05, 4.69) is 10.3 Å². The van der Waals surface area contributed by atoms with Crippen molar-refractivity contribution in [2.75, 3.05) is 4.90 Å². The first-order valence-corrected chi connectivity index (χ1v) is 9.29. The lowest BCUT2D eigenvalue weighted by atomic mass is 10.2. The van der Waals surface area contributed by atoms with Crippen LogP contribution in [-0.4, -0.2) is 26.3 Å². The van der Waals surface area contributed by atoms with Crippen molar-refractivity contribution in [2.45, 2.75) is 17.4 Å². The maximum atomic E-state index is 13.0. The fourth-order valence-electron chi connectivity index (χ4n) is 2.43. The van der Waals surface area contributed by atoms with Crippen molar-refractivity contribution in [3.63, 3.8) is 0 Å². The number of halogens is 2. The Labute approximate surface area is 153 Å². The van der Waals surface area contributed by atoms with Gasteiger partial charge in [0.1, 0.15) is 11.9 Å². The number of nitrogens with one attached hydrogen (secondary N) is 2. The molecule has 10 heteroatoms. The maximum absolute atomic E-state index is 13.0. The Bertz CT molecular complexity index is 948. The van der Waals surface area contributed by atoms with Crippen LogP contribution in [0.1, 0.15) is 6.42 Å². The Balaban J connectivity index is 1.71. The van der Waals surface area contributed by atoms with Crippen molar-refractivity contribution < 1.29 is 22.4 Å². The van der Waals surface area contributed by atoms with Crippen LogP contribution in [0.3, 0.4) is 0 Å². The van der Waals surface area contributed by atoms with Crippen LogP contribution in [-0.2, 0) is 19.6 Å². The maximum Gasteiger partial charge on any atom is 0.253 e. The zero-order chi connectivity index (χ0) is 18.9. The van der Waals surface area contributed by atoms with Crippen LogP contribution < -0.4 is 15.2 Å². The van der Waals surface area contributed by atoms with E-state index in [1.807, 2.05) is 0 Å². The summed E-state index contributed by atoms with van der Waals surface area (Å²) in [5.41, 5.74) is 2.58. The van der Waals surface area contributed by atoms with Crippen molar-refractivity contribution in [1.29, 1.82) is 0 Å². The summed E-state index contributed by atoms with van der Waals surface area (Å²) in [4.78, 5) is 27.4. The molecule has 1 aliphatic rings. The molecule has 1 fully saturated rings. The summed E-state index contributed by atoms with van der Waals surface area (Å²) in [7, 11) is -3.94. The van der Waals surface area contributed by atoms with Crippen LogP contribution in [0.15, 0.2) is 53.4 Å². The van der Waals surface area contributed by atoms with Crippen LogP contribution in [0, 0.1) is 5.82 Å². The van der Waals surface area contributed by atoms with Gasteiger partial charge >= 0.3 is 0 Å². The number of hydrazine groups is 1. The molecule has 136 valence electrons. The highest BCUT2D eigenvalue weighted by atomic mass is 35.5. The molecule has 2 N–H and O–H groups in total. The quantitative estimate of drug-likeness (QED) is 0.590. The van der Waals surface area contributed by atoms with Gasteiger partial charge in [-0.3, -0.25) is 9.59 Å². The first kappa shape index (κ1) is 18.5. The van der Waals surface area contributed by atoms with Crippen molar-refractivity contribution in [1.82, 2.24) is 10.3 Å². The summed E-state index contributed by atoms with van der Waals surface area (Å²) in [6, 6.07) is 9.20.